The normalized spacial score (nSPS) is 11.4. The third-order valence-electron chi connectivity index (χ3n) is 2.64. The number of hydrogen-bond acceptors (Lipinski definition) is 3. The molecule has 1 aromatic carbocycles. The first-order chi connectivity index (χ1) is 8.11. The summed E-state index contributed by atoms with van der Waals surface area (Å²) in [5, 5.41) is 4.39. The Bertz CT molecular complexity index is 519. The second kappa shape index (κ2) is 5.36. The van der Waals surface area contributed by atoms with Crippen LogP contribution >= 0.6 is 27.3 Å². The van der Waals surface area contributed by atoms with E-state index >= 15 is 0 Å². The zero-order valence-electron chi connectivity index (χ0n) is 10.4. The number of anilines is 1. The molecule has 0 spiro atoms. The maximum Gasteiger partial charge on any atom is 0.183 e. The first-order valence-corrected chi connectivity index (χ1v) is 7.56. The molecule has 1 aromatic heterocycles. The van der Waals surface area contributed by atoms with Gasteiger partial charge in [0.25, 0.3) is 0 Å². The Morgan fingerprint density at radius 3 is 2.82 bits per heavy atom. The monoisotopic (exact) mass is 312 g/mol. The summed E-state index contributed by atoms with van der Waals surface area (Å²) in [6.45, 7) is 7.56. The highest BCUT2D eigenvalue weighted by Gasteiger charge is 2.11. The maximum absolute atomic E-state index is 4.70. The van der Waals surface area contributed by atoms with Gasteiger partial charge in [-0.25, -0.2) is 4.98 Å². The van der Waals surface area contributed by atoms with E-state index < -0.39 is 0 Å². The number of fused-ring (bicyclic) bond motifs is 1. The molecule has 0 bridgehead atoms. The summed E-state index contributed by atoms with van der Waals surface area (Å²) < 4.78 is 2.39. The summed E-state index contributed by atoms with van der Waals surface area (Å²) in [5.74, 6) is 0.496. The van der Waals surface area contributed by atoms with Crippen LogP contribution < -0.4 is 5.32 Å². The van der Waals surface area contributed by atoms with Crippen molar-refractivity contribution in [1.82, 2.24) is 4.98 Å². The van der Waals surface area contributed by atoms with Crippen molar-refractivity contribution in [2.24, 2.45) is 0 Å². The number of aromatic nitrogens is 1. The Morgan fingerprint density at radius 2 is 2.18 bits per heavy atom. The van der Waals surface area contributed by atoms with Gasteiger partial charge in [0.15, 0.2) is 5.13 Å². The molecule has 2 aromatic rings. The van der Waals surface area contributed by atoms with Gasteiger partial charge in [0, 0.05) is 11.0 Å². The van der Waals surface area contributed by atoms with Gasteiger partial charge in [-0.15, -0.1) is 0 Å². The molecule has 0 aliphatic heterocycles. The van der Waals surface area contributed by atoms with Crippen LogP contribution in [0.5, 0.6) is 0 Å². The van der Waals surface area contributed by atoms with Crippen LogP contribution in [0.3, 0.4) is 0 Å². The molecule has 0 atom stereocenters. The van der Waals surface area contributed by atoms with E-state index in [0.29, 0.717) is 5.92 Å². The minimum Gasteiger partial charge on any atom is -0.361 e. The molecule has 0 aliphatic carbocycles. The summed E-state index contributed by atoms with van der Waals surface area (Å²) in [6, 6.07) is 4.33. The van der Waals surface area contributed by atoms with E-state index in [1.807, 2.05) is 0 Å². The van der Waals surface area contributed by atoms with E-state index in [1.54, 1.807) is 11.3 Å². The van der Waals surface area contributed by atoms with Crippen molar-refractivity contribution in [2.45, 2.75) is 33.1 Å². The van der Waals surface area contributed by atoms with Gasteiger partial charge in [-0.2, -0.15) is 0 Å². The SMILES string of the molecule is CCCNc1nc2c(C(C)C)cc(Br)cc2s1. The highest BCUT2D eigenvalue weighted by atomic mass is 79.9. The first-order valence-electron chi connectivity index (χ1n) is 5.95. The number of nitrogens with one attached hydrogen (secondary N) is 1. The second-order valence-electron chi connectivity index (χ2n) is 4.44. The van der Waals surface area contributed by atoms with Gasteiger partial charge >= 0.3 is 0 Å². The topological polar surface area (TPSA) is 24.9 Å². The van der Waals surface area contributed by atoms with Crippen molar-refractivity contribution in [2.75, 3.05) is 11.9 Å². The minimum atomic E-state index is 0.496. The lowest BCUT2D eigenvalue weighted by Crippen LogP contribution is -1.98. The van der Waals surface area contributed by atoms with Gasteiger partial charge in [0.2, 0.25) is 0 Å². The molecular weight excluding hydrogens is 296 g/mol. The van der Waals surface area contributed by atoms with Gasteiger partial charge < -0.3 is 5.32 Å². The number of rotatable bonds is 4. The van der Waals surface area contributed by atoms with Gasteiger partial charge in [-0.3, -0.25) is 0 Å². The van der Waals surface area contributed by atoms with E-state index in [2.05, 4.69) is 54.2 Å². The van der Waals surface area contributed by atoms with Crippen LogP contribution in [0.25, 0.3) is 10.2 Å². The van der Waals surface area contributed by atoms with E-state index in [-0.39, 0.29) is 0 Å². The molecular formula is C13H17BrN2S. The van der Waals surface area contributed by atoms with Crippen molar-refractivity contribution in [1.29, 1.82) is 0 Å². The minimum absolute atomic E-state index is 0.496. The number of hydrogen-bond donors (Lipinski definition) is 1. The van der Waals surface area contributed by atoms with Crippen LogP contribution in [0, 0.1) is 0 Å². The van der Waals surface area contributed by atoms with E-state index in [4.69, 9.17) is 4.98 Å². The van der Waals surface area contributed by atoms with E-state index in [0.717, 1.165) is 28.1 Å². The Kier molecular flexibility index (Phi) is 4.05. The fourth-order valence-corrected chi connectivity index (χ4v) is 3.36. The summed E-state index contributed by atoms with van der Waals surface area (Å²) >= 11 is 5.30. The quantitative estimate of drug-likeness (QED) is 0.859. The average Bonchev–Trinajstić information content (AvgIpc) is 2.67. The number of thiazole rings is 1. The Labute approximate surface area is 115 Å². The maximum atomic E-state index is 4.70. The Balaban J connectivity index is 2.47. The molecule has 0 radical (unpaired) electrons. The Morgan fingerprint density at radius 1 is 1.41 bits per heavy atom. The van der Waals surface area contributed by atoms with Crippen LogP contribution in [0.1, 0.15) is 38.7 Å². The largest absolute Gasteiger partial charge is 0.361 e. The molecule has 0 fully saturated rings. The average molecular weight is 313 g/mol. The fourth-order valence-electron chi connectivity index (χ4n) is 1.77. The lowest BCUT2D eigenvalue weighted by molar-refractivity contribution is 0.872. The lowest BCUT2D eigenvalue weighted by atomic mass is 10.0. The zero-order chi connectivity index (χ0) is 12.4. The molecule has 0 aliphatic rings. The molecule has 0 amide bonds. The van der Waals surface area contributed by atoms with Crippen molar-refractivity contribution in [3.8, 4) is 0 Å². The molecule has 0 unspecified atom stereocenters. The van der Waals surface area contributed by atoms with Crippen molar-refractivity contribution < 1.29 is 0 Å². The highest BCUT2D eigenvalue weighted by Crippen LogP contribution is 2.34. The van der Waals surface area contributed by atoms with Crippen LogP contribution in [0.4, 0.5) is 5.13 Å². The van der Waals surface area contributed by atoms with Gasteiger partial charge in [-0.1, -0.05) is 48.0 Å². The predicted molar refractivity (Wildman–Crippen MR) is 80.2 cm³/mol. The van der Waals surface area contributed by atoms with Gasteiger partial charge in [0.1, 0.15) is 0 Å². The molecule has 2 rings (SSSR count). The molecule has 2 nitrogen and oxygen atoms in total. The number of nitrogens with zero attached hydrogens (tertiary/aromatic N) is 1. The third kappa shape index (κ3) is 2.80. The summed E-state index contributed by atoms with van der Waals surface area (Å²) in [4.78, 5) is 4.70. The number of halogens is 1. The molecule has 1 N–H and O–H groups in total. The van der Waals surface area contributed by atoms with Crippen LogP contribution in [0.15, 0.2) is 16.6 Å². The Hall–Kier alpha value is -0.610. The molecule has 4 heteroatoms. The molecule has 0 saturated heterocycles. The zero-order valence-corrected chi connectivity index (χ0v) is 12.8. The van der Waals surface area contributed by atoms with Gasteiger partial charge in [0.05, 0.1) is 10.2 Å². The van der Waals surface area contributed by atoms with Gasteiger partial charge in [-0.05, 0) is 30.0 Å². The molecule has 92 valence electrons. The molecule has 17 heavy (non-hydrogen) atoms. The van der Waals surface area contributed by atoms with Crippen molar-refractivity contribution in [3.63, 3.8) is 0 Å². The fraction of sp³-hybridized carbons (Fsp3) is 0.462. The first kappa shape index (κ1) is 12.8. The van der Waals surface area contributed by atoms with Crippen molar-refractivity contribution >= 4 is 42.6 Å². The lowest BCUT2D eigenvalue weighted by Gasteiger charge is -2.06. The summed E-state index contributed by atoms with van der Waals surface area (Å²) in [6.07, 6.45) is 1.12. The summed E-state index contributed by atoms with van der Waals surface area (Å²) in [7, 11) is 0. The van der Waals surface area contributed by atoms with Crippen LogP contribution in [0.2, 0.25) is 0 Å². The molecule has 0 saturated carbocycles. The van der Waals surface area contributed by atoms with Crippen LogP contribution in [-0.4, -0.2) is 11.5 Å². The predicted octanol–water partition coefficient (Wildman–Crippen LogP) is 5.00. The second-order valence-corrected chi connectivity index (χ2v) is 6.39. The van der Waals surface area contributed by atoms with Crippen LogP contribution in [-0.2, 0) is 0 Å². The highest BCUT2D eigenvalue weighted by molar-refractivity contribution is 9.10. The van der Waals surface area contributed by atoms with Crippen molar-refractivity contribution in [3.05, 3.63) is 22.2 Å². The number of benzene rings is 1. The van der Waals surface area contributed by atoms with E-state index in [1.165, 1.54) is 10.3 Å². The standard InChI is InChI=1S/C13H17BrN2S/c1-4-5-15-13-16-12-10(8(2)3)6-9(14)7-11(12)17-13/h6-8H,4-5H2,1-3H3,(H,15,16). The van der Waals surface area contributed by atoms with E-state index in [9.17, 15) is 0 Å². The summed E-state index contributed by atoms with van der Waals surface area (Å²) in [5.41, 5.74) is 2.46. The smallest absolute Gasteiger partial charge is 0.183 e. The molecule has 1 heterocycles. The third-order valence-corrected chi connectivity index (χ3v) is 4.06.